The number of phenolic OH excluding ortho intramolecular Hbond substituents is 1. The molecule has 0 aliphatic rings. The Bertz CT molecular complexity index is 719. The fourth-order valence-electron chi connectivity index (χ4n) is 2.32. The number of rotatable bonds is 9. The molecule has 0 aromatic heterocycles. The van der Waals surface area contributed by atoms with Crippen molar-refractivity contribution in [3.8, 4) is 5.75 Å². The molecule has 10 heteroatoms. The van der Waals surface area contributed by atoms with Crippen LogP contribution in [0.5, 0.6) is 5.75 Å². The summed E-state index contributed by atoms with van der Waals surface area (Å²) in [6.07, 6.45) is 0.874. The van der Waals surface area contributed by atoms with E-state index in [4.69, 9.17) is 16.0 Å². The Labute approximate surface area is 145 Å². The van der Waals surface area contributed by atoms with Gasteiger partial charge in [-0.15, -0.1) is 0 Å². The SMILES string of the molecule is NC(=O)OC(=O)[C@@H](N)Cc1ccc(O)cc1CCCCCS(=O)(=O)O. The lowest BCUT2D eigenvalue weighted by Crippen LogP contribution is -2.37. The molecule has 0 heterocycles. The Balaban J connectivity index is 2.66. The van der Waals surface area contributed by atoms with Gasteiger partial charge in [0.05, 0.1) is 5.75 Å². The largest absolute Gasteiger partial charge is 0.508 e. The van der Waals surface area contributed by atoms with E-state index in [0.29, 0.717) is 31.2 Å². The molecule has 0 aliphatic carbocycles. The molecule has 140 valence electrons. The van der Waals surface area contributed by atoms with Crippen LogP contribution in [-0.4, -0.2) is 41.9 Å². The zero-order valence-electron chi connectivity index (χ0n) is 13.6. The van der Waals surface area contributed by atoms with Gasteiger partial charge in [0.15, 0.2) is 0 Å². The zero-order chi connectivity index (χ0) is 19.0. The van der Waals surface area contributed by atoms with Crippen LogP contribution in [0.15, 0.2) is 18.2 Å². The molecule has 1 rings (SSSR count). The third kappa shape index (κ3) is 8.47. The van der Waals surface area contributed by atoms with Gasteiger partial charge in [-0.05, 0) is 48.9 Å². The highest BCUT2D eigenvalue weighted by atomic mass is 32.2. The Morgan fingerprint density at radius 1 is 1.16 bits per heavy atom. The van der Waals surface area contributed by atoms with E-state index >= 15 is 0 Å². The number of nitrogens with two attached hydrogens (primary N) is 2. The maximum atomic E-state index is 11.6. The van der Waals surface area contributed by atoms with Crippen LogP contribution in [-0.2, 0) is 32.5 Å². The quantitative estimate of drug-likeness (QED) is 0.209. The summed E-state index contributed by atoms with van der Waals surface area (Å²) in [6, 6.07) is 3.50. The molecule has 0 unspecified atom stereocenters. The summed E-state index contributed by atoms with van der Waals surface area (Å²) in [5.41, 5.74) is 11.9. The molecule has 1 aromatic rings. The number of primary amides is 1. The van der Waals surface area contributed by atoms with E-state index in [-0.39, 0.29) is 17.9 Å². The van der Waals surface area contributed by atoms with Crippen molar-refractivity contribution in [2.75, 3.05) is 5.75 Å². The van der Waals surface area contributed by atoms with E-state index in [1.54, 1.807) is 6.07 Å². The van der Waals surface area contributed by atoms with Gasteiger partial charge in [0, 0.05) is 0 Å². The monoisotopic (exact) mass is 374 g/mol. The van der Waals surface area contributed by atoms with Crippen LogP contribution in [0.4, 0.5) is 4.79 Å². The van der Waals surface area contributed by atoms with Gasteiger partial charge in [0.1, 0.15) is 11.8 Å². The molecule has 0 saturated carbocycles. The molecule has 0 bridgehead atoms. The third-order valence-corrected chi connectivity index (χ3v) is 4.29. The summed E-state index contributed by atoms with van der Waals surface area (Å²) < 4.78 is 34.2. The van der Waals surface area contributed by atoms with Crippen molar-refractivity contribution in [1.82, 2.24) is 0 Å². The van der Waals surface area contributed by atoms with E-state index in [1.807, 2.05) is 0 Å². The fraction of sp³-hybridized carbons (Fsp3) is 0.467. The van der Waals surface area contributed by atoms with Crippen molar-refractivity contribution >= 4 is 22.2 Å². The number of aromatic hydroxyl groups is 1. The van der Waals surface area contributed by atoms with Crippen molar-refractivity contribution in [1.29, 1.82) is 0 Å². The summed E-state index contributed by atoms with van der Waals surface area (Å²) in [5, 5.41) is 9.61. The molecule has 1 atom stereocenters. The van der Waals surface area contributed by atoms with Gasteiger partial charge in [-0.2, -0.15) is 8.42 Å². The normalized spacial score (nSPS) is 12.6. The average molecular weight is 374 g/mol. The number of carbonyl (C=O) groups is 2. The standard InChI is InChI=1S/C15H22N2O7S/c16-13(14(19)24-15(17)20)9-11-5-6-12(18)8-10(11)4-2-1-3-7-25(21,22)23/h5-6,8,13,18H,1-4,7,9,16H2,(H2,17,20)(H,21,22,23)/t13-/m0/s1. The molecule has 25 heavy (non-hydrogen) atoms. The van der Waals surface area contributed by atoms with Gasteiger partial charge in [0.25, 0.3) is 10.1 Å². The Morgan fingerprint density at radius 3 is 2.44 bits per heavy atom. The lowest BCUT2D eigenvalue weighted by atomic mass is 9.96. The van der Waals surface area contributed by atoms with Gasteiger partial charge >= 0.3 is 12.1 Å². The summed E-state index contributed by atoms with van der Waals surface area (Å²) in [7, 11) is -3.97. The lowest BCUT2D eigenvalue weighted by Gasteiger charge is -2.14. The van der Waals surface area contributed by atoms with Crippen LogP contribution in [0.25, 0.3) is 0 Å². The maximum Gasteiger partial charge on any atom is 0.412 e. The molecule has 0 radical (unpaired) electrons. The highest BCUT2D eigenvalue weighted by molar-refractivity contribution is 7.85. The number of hydrogen-bond acceptors (Lipinski definition) is 7. The topological polar surface area (TPSA) is 170 Å². The van der Waals surface area contributed by atoms with E-state index in [0.717, 1.165) is 5.56 Å². The molecular formula is C15H22N2O7S. The second-order valence-corrected chi connectivity index (χ2v) is 7.17. The van der Waals surface area contributed by atoms with Crippen LogP contribution in [0.3, 0.4) is 0 Å². The van der Waals surface area contributed by atoms with E-state index < -0.39 is 28.2 Å². The maximum absolute atomic E-state index is 11.6. The number of phenols is 1. The minimum Gasteiger partial charge on any atom is -0.508 e. The first kappa shape index (κ1) is 20.9. The van der Waals surface area contributed by atoms with E-state index in [9.17, 15) is 23.1 Å². The Hall–Kier alpha value is -2.17. The Kier molecular flexibility index (Phi) is 7.81. The lowest BCUT2D eigenvalue weighted by molar-refractivity contribution is -0.138. The number of benzene rings is 1. The smallest absolute Gasteiger partial charge is 0.412 e. The molecule has 1 amide bonds. The number of amides is 1. The van der Waals surface area contributed by atoms with E-state index in [1.165, 1.54) is 12.1 Å². The summed E-state index contributed by atoms with van der Waals surface area (Å²) in [5.74, 6) is -1.20. The van der Waals surface area contributed by atoms with Gasteiger partial charge in [-0.25, -0.2) is 9.59 Å². The molecule has 0 saturated heterocycles. The molecule has 6 N–H and O–H groups in total. The average Bonchev–Trinajstić information content (AvgIpc) is 2.47. The number of esters is 1. The molecular weight excluding hydrogens is 352 g/mol. The molecule has 1 aromatic carbocycles. The van der Waals surface area contributed by atoms with Gasteiger partial charge in [-0.3, -0.25) is 4.55 Å². The van der Waals surface area contributed by atoms with Crippen molar-refractivity contribution in [3.63, 3.8) is 0 Å². The summed E-state index contributed by atoms with van der Waals surface area (Å²) in [4.78, 5) is 22.1. The van der Waals surface area contributed by atoms with Gasteiger partial charge in [-0.1, -0.05) is 12.5 Å². The number of hydrogen-bond donors (Lipinski definition) is 4. The van der Waals surface area contributed by atoms with E-state index in [2.05, 4.69) is 4.74 Å². The second kappa shape index (κ2) is 9.35. The van der Waals surface area contributed by atoms with Crippen LogP contribution in [0.1, 0.15) is 30.4 Å². The number of aryl methyl sites for hydroxylation is 1. The Morgan fingerprint density at radius 2 is 1.84 bits per heavy atom. The predicted octanol–water partition coefficient (Wildman–Crippen LogP) is 0.484. The van der Waals surface area contributed by atoms with Gasteiger partial charge in [0.2, 0.25) is 0 Å². The number of unbranched alkanes of at least 4 members (excludes halogenated alkanes) is 2. The minimum absolute atomic E-state index is 0.0463. The first-order chi connectivity index (χ1) is 11.6. The number of carbonyl (C=O) groups excluding carboxylic acids is 2. The number of ether oxygens (including phenoxy) is 1. The molecule has 0 fully saturated rings. The summed E-state index contributed by atoms with van der Waals surface area (Å²) >= 11 is 0. The first-order valence-electron chi connectivity index (χ1n) is 7.61. The minimum atomic E-state index is -3.97. The van der Waals surface area contributed by atoms with Crippen LogP contribution in [0.2, 0.25) is 0 Å². The van der Waals surface area contributed by atoms with Crippen molar-refractivity contribution in [3.05, 3.63) is 29.3 Å². The zero-order valence-corrected chi connectivity index (χ0v) is 14.4. The van der Waals surface area contributed by atoms with Crippen molar-refractivity contribution < 1.29 is 32.4 Å². The third-order valence-electron chi connectivity index (χ3n) is 3.48. The highest BCUT2D eigenvalue weighted by Crippen LogP contribution is 2.20. The molecule has 9 nitrogen and oxygen atoms in total. The molecule has 0 aliphatic heterocycles. The predicted molar refractivity (Wildman–Crippen MR) is 89.4 cm³/mol. The van der Waals surface area contributed by atoms with Crippen molar-refractivity contribution in [2.24, 2.45) is 11.5 Å². The van der Waals surface area contributed by atoms with Crippen molar-refractivity contribution in [2.45, 2.75) is 38.1 Å². The fourth-order valence-corrected chi connectivity index (χ4v) is 2.88. The summed E-state index contributed by atoms with van der Waals surface area (Å²) in [6.45, 7) is 0. The second-order valence-electron chi connectivity index (χ2n) is 5.60. The highest BCUT2D eigenvalue weighted by Gasteiger charge is 2.19. The van der Waals surface area contributed by atoms with Gasteiger partial charge < -0.3 is 21.3 Å². The van der Waals surface area contributed by atoms with Crippen LogP contribution < -0.4 is 11.5 Å². The first-order valence-corrected chi connectivity index (χ1v) is 9.22. The van der Waals surface area contributed by atoms with Crippen LogP contribution in [0, 0.1) is 0 Å². The molecule has 0 spiro atoms. The van der Waals surface area contributed by atoms with Crippen LogP contribution >= 0.6 is 0 Å².